The molecule has 2 unspecified atom stereocenters. The zero-order valence-corrected chi connectivity index (χ0v) is 14.9. The molecule has 1 aliphatic heterocycles. The van der Waals surface area contributed by atoms with Crippen molar-refractivity contribution in [2.45, 2.75) is 25.8 Å². The highest BCUT2D eigenvalue weighted by atomic mass is 16.5. The van der Waals surface area contributed by atoms with Crippen molar-refractivity contribution in [3.63, 3.8) is 0 Å². The van der Waals surface area contributed by atoms with E-state index in [1.165, 1.54) is 0 Å². The van der Waals surface area contributed by atoms with Crippen LogP contribution in [0.25, 0.3) is 4.85 Å². The quantitative estimate of drug-likeness (QED) is 0.788. The molecule has 1 aromatic heterocycles. The number of benzene rings is 1. The number of hydrogen-bond acceptors (Lipinski definition) is 5. The molecule has 0 saturated heterocycles. The first-order chi connectivity index (χ1) is 12.6. The van der Waals surface area contributed by atoms with Gasteiger partial charge in [-0.15, -0.1) is 0 Å². The van der Waals surface area contributed by atoms with E-state index in [4.69, 9.17) is 21.3 Å². The Kier molecular flexibility index (Phi) is 4.86. The standard InChI is InChI=1S/C20H18N4O2/c1-5-26-20-18-15(8-9-23-20)24-12(2)19(22-3)17(18)14-7-6-13(11-21)10-16(14)25-4/h6-10,17,19H,5H2,1-2,4H3. The van der Waals surface area contributed by atoms with Crippen molar-refractivity contribution >= 4 is 11.4 Å². The van der Waals surface area contributed by atoms with Crippen LogP contribution < -0.4 is 9.47 Å². The van der Waals surface area contributed by atoms with Crippen molar-refractivity contribution in [3.05, 3.63) is 58.6 Å². The van der Waals surface area contributed by atoms with Gasteiger partial charge < -0.3 is 14.3 Å². The molecule has 6 heteroatoms. The number of rotatable bonds is 4. The lowest BCUT2D eigenvalue weighted by Crippen LogP contribution is -2.28. The molecule has 1 aromatic carbocycles. The number of nitriles is 1. The molecule has 2 heterocycles. The van der Waals surface area contributed by atoms with Crippen molar-refractivity contribution in [2.24, 2.45) is 4.99 Å². The first kappa shape index (κ1) is 17.4. The van der Waals surface area contributed by atoms with Crippen molar-refractivity contribution in [2.75, 3.05) is 13.7 Å². The normalized spacial score (nSPS) is 18.1. The number of nitrogens with zero attached hydrogens (tertiary/aromatic N) is 4. The summed E-state index contributed by atoms with van der Waals surface area (Å²) in [5, 5.41) is 9.17. The highest BCUT2D eigenvalue weighted by Gasteiger charge is 2.41. The van der Waals surface area contributed by atoms with Crippen molar-refractivity contribution < 1.29 is 9.47 Å². The molecule has 26 heavy (non-hydrogen) atoms. The van der Waals surface area contributed by atoms with E-state index in [-0.39, 0.29) is 5.92 Å². The van der Waals surface area contributed by atoms with Crippen LogP contribution in [0.2, 0.25) is 0 Å². The van der Waals surface area contributed by atoms with E-state index in [0.29, 0.717) is 23.8 Å². The zero-order chi connectivity index (χ0) is 18.7. The number of fused-ring (bicyclic) bond motifs is 1. The van der Waals surface area contributed by atoms with Gasteiger partial charge in [-0.25, -0.2) is 16.5 Å². The van der Waals surface area contributed by atoms with Crippen molar-refractivity contribution in [3.8, 4) is 17.7 Å². The van der Waals surface area contributed by atoms with Gasteiger partial charge in [-0.2, -0.15) is 5.26 Å². The summed E-state index contributed by atoms with van der Waals surface area (Å²) in [6, 6.07) is 8.71. The summed E-state index contributed by atoms with van der Waals surface area (Å²) >= 11 is 0. The Balaban J connectivity index is 2.29. The van der Waals surface area contributed by atoms with Gasteiger partial charge in [0, 0.05) is 11.8 Å². The lowest BCUT2D eigenvalue weighted by molar-refractivity contribution is 0.321. The Morgan fingerprint density at radius 3 is 2.81 bits per heavy atom. The van der Waals surface area contributed by atoms with Gasteiger partial charge >= 0.3 is 0 Å². The molecule has 0 amide bonds. The van der Waals surface area contributed by atoms with Gasteiger partial charge in [0.1, 0.15) is 11.7 Å². The first-order valence-corrected chi connectivity index (χ1v) is 8.26. The topological polar surface area (TPSA) is 71.9 Å². The van der Waals surface area contributed by atoms with Crippen LogP contribution >= 0.6 is 0 Å². The second kappa shape index (κ2) is 7.25. The van der Waals surface area contributed by atoms with Crippen LogP contribution in [-0.4, -0.2) is 30.5 Å². The SMILES string of the molecule is [C-]#[N+]C1C(C)=Nc2ccnc(OCC)c2C1c1ccc(C#N)cc1OC. The molecule has 0 saturated carbocycles. The molecule has 2 atom stereocenters. The summed E-state index contributed by atoms with van der Waals surface area (Å²) < 4.78 is 11.3. The van der Waals surface area contributed by atoms with Crippen LogP contribution in [0, 0.1) is 17.9 Å². The number of aromatic nitrogens is 1. The Bertz CT molecular complexity index is 953. The summed E-state index contributed by atoms with van der Waals surface area (Å²) in [5.41, 5.74) is 3.58. The van der Waals surface area contributed by atoms with Gasteiger partial charge in [0.25, 0.3) is 6.04 Å². The molecule has 1 aliphatic rings. The lowest BCUT2D eigenvalue weighted by Gasteiger charge is -2.27. The van der Waals surface area contributed by atoms with Crippen LogP contribution in [-0.2, 0) is 0 Å². The van der Waals surface area contributed by atoms with Gasteiger partial charge in [-0.1, -0.05) is 6.07 Å². The molecule has 0 radical (unpaired) electrons. The lowest BCUT2D eigenvalue weighted by atomic mass is 9.80. The second-order valence-electron chi connectivity index (χ2n) is 5.86. The molecular formula is C20H18N4O2. The van der Waals surface area contributed by atoms with E-state index < -0.39 is 6.04 Å². The molecule has 0 bridgehead atoms. The summed E-state index contributed by atoms with van der Waals surface area (Å²) in [6.45, 7) is 11.9. The Labute approximate surface area is 152 Å². The fourth-order valence-corrected chi connectivity index (χ4v) is 3.27. The molecule has 0 N–H and O–H groups in total. The van der Waals surface area contributed by atoms with E-state index in [0.717, 1.165) is 22.5 Å². The predicted octanol–water partition coefficient (Wildman–Crippen LogP) is 3.89. The maximum absolute atomic E-state index is 9.17. The maximum atomic E-state index is 9.17. The predicted molar refractivity (Wildman–Crippen MR) is 98.1 cm³/mol. The third-order valence-electron chi connectivity index (χ3n) is 4.40. The van der Waals surface area contributed by atoms with Gasteiger partial charge in [-0.05, 0) is 32.0 Å². The van der Waals surface area contributed by atoms with E-state index >= 15 is 0 Å². The molecule has 0 fully saturated rings. The zero-order valence-electron chi connectivity index (χ0n) is 14.9. The maximum Gasteiger partial charge on any atom is 0.272 e. The highest BCUT2D eigenvalue weighted by Crippen LogP contribution is 2.46. The number of pyridine rings is 1. The van der Waals surface area contributed by atoms with Crippen LogP contribution in [0.4, 0.5) is 5.69 Å². The Hall–Kier alpha value is -3.38. The van der Waals surface area contributed by atoms with Crippen molar-refractivity contribution in [1.29, 1.82) is 5.26 Å². The van der Waals surface area contributed by atoms with Gasteiger partial charge in [0.15, 0.2) is 0 Å². The van der Waals surface area contributed by atoms with E-state index in [1.54, 1.807) is 25.4 Å². The fourth-order valence-electron chi connectivity index (χ4n) is 3.27. The third-order valence-corrected chi connectivity index (χ3v) is 4.40. The third kappa shape index (κ3) is 2.87. The first-order valence-electron chi connectivity index (χ1n) is 8.26. The summed E-state index contributed by atoms with van der Waals surface area (Å²) in [5.74, 6) is 0.707. The van der Waals surface area contributed by atoms with Crippen molar-refractivity contribution in [1.82, 2.24) is 4.98 Å². The minimum absolute atomic E-state index is 0.335. The van der Waals surface area contributed by atoms with Gasteiger partial charge in [-0.3, -0.25) is 0 Å². The molecule has 3 rings (SSSR count). The summed E-state index contributed by atoms with van der Waals surface area (Å²) in [7, 11) is 1.56. The van der Waals surface area contributed by atoms with E-state index in [1.807, 2.05) is 26.0 Å². The molecule has 0 spiro atoms. The molecular weight excluding hydrogens is 328 g/mol. The molecule has 130 valence electrons. The van der Waals surface area contributed by atoms with Crippen LogP contribution in [0.3, 0.4) is 0 Å². The van der Waals surface area contributed by atoms with Gasteiger partial charge in [0.2, 0.25) is 5.88 Å². The monoisotopic (exact) mass is 346 g/mol. The summed E-state index contributed by atoms with van der Waals surface area (Å²) in [6.07, 6.45) is 1.66. The highest BCUT2D eigenvalue weighted by molar-refractivity contribution is 5.95. The fraction of sp³-hybridized carbons (Fsp3) is 0.300. The minimum atomic E-state index is -0.493. The number of methoxy groups -OCH3 is 1. The number of hydrogen-bond donors (Lipinski definition) is 0. The average Bonchev–Trinajstić information content (AvgIpc) is 2.66. The van der Waals surface area contributed by atoms with Gasteiger partial charge in [0.05, 0.1) is 42.3 Å². The van der Waals surface area contributed by atoms with Crippen LogP contribution in [0.1, 0.15) is 36.5 Å². The number of aliphatic imine (C=N–C) groups is 1. The van der Waals surface area contributed by atoms with E-state index in [9.17, 15) is 0 Å². The minimum Gasteiger partial charge on any atom is -0.496 e. The smallest absolute Gasteiger partial charge is 0.272 e. The van der Waals surface area contributed by atoms with Crippen LogP contribution in [0.5, 0.6) is 11.6 Å². The largest absolute Gasteiger partial charge is 0.496 e. The number of ether oxygens (including phenoxy) is 2. The Morgan fingerprint density at radius 1 is 1.35 bits per heavy atom. The van der Waals surface area contributed by atoms with Crippen LogP contribution in [0.15, 0.2) is 35.5 Å². The second-order valence-corrected chi connectivity index (χ2v) is 5.86. The Morgan fingerprint density at radius 2 is 2.15 bits per heavy atom. The average molecular weight is 346 g/mol. The molecule has 0 aliphatic carbocycles. The molecule has 6 nitrogen and oxygen atoms in total. The molecule has 2 aromatic rings. The summed E-state index contributed by atoms with van der Waals surface area (Å²) in [4.78, 5) is 12.8. The van der Waals surface area contributed by atoms with E-state index in [2.05, 4.69) is 20.9 Å².